The minimum atomic E-state index is -0.164. The summed E-state index contributed by atoms with van der Waals surface area (Å²) in [7, 11) is 0. The zero-order valence-corrected chi connectivity index (χ0v) is 19.6. The highest BCUT2D eigenvalue weighted by Crippen LogP contribution is 2.69. The lowest BCUT2D eigenvalue weighted by atomic mass is 9.46. The maximum atomic E-state index is 11.8. The van der Waals surface area contributed by atoms with Crippen LogP contribution >= 0.6 is 0 Å². The molecule has 0 bridgehead atoms. The van der Waals surface area contributed by atoms with Crippen LogP contribution in [0.2, 0.25) is 0 Å². The van der Waals surface area contributed by atoms with Gasteiger partial charge in [-0.1, -0.05) is 39.3 Å². The van der Waals surface area contributed by atoms with Crippen molar-refractivity contribution in [3.63, 3.8) is 0 Å². The van der Waals surface area contributed by atoms with Crippen molar-refractivity contribution in [1.82, 2.24) is 4.90 Å². The van der Waals surface area contributed by atoms with Gasteiger partial charge in [0.05, 0.1) is 12.2 Å². The second kappa shape index (κ2) is 6.58. The van der Waals surface area contributed by atoms with Gasteiger partial charge in [0.25, 0.3) is 0 Å². The van der Waals surface area contributed by atoms with E-state index in [-0.39, 0.29) is 23.0 Å². The Morgan fingerprint density at radius 1 is 1.00 bits per heavy atom. The van der Waals surface area contributed by atoms with E-state index in [1.807, 2.05) is 0 Å². The molecule has 168 valence electrons. The van der Waals surface area contributed by atoms with E-state index >= 15 is 0 Å². The van der Waals surface area contributed by atoms with Crippen LogP contribution in [0.5, 0.6) is 0 Å². The molecule has 3 heteroatoms. The fourth-order valence-electron chi connectivity index (χ4n) is 10.3. The molecule has 0 aromatic carbocycles. The number of aliphatic hydroxyl groups is 2. The molecule has 4 aliphatic carbocycles. The molecule has 3 nitrogen and oxygen atoms in total. The van der Waals surface area contributed by atoms with Crippen LogP contribution in [0.25, 0.3) is 0 Å². The average molecular weight is 414 g/mol. The first-order chi connectivity index (χ1) is 14.2. The van der Waals surface area contributed by atoms with Crippen LogP contribution in [0.1, 0.15) is 79.1 Å². The van der Waals surface area contributed by atoms with Crippen molar-refractivity contribution in [2.24, 2.45) is 46.3 Å². The quantitative estimate of drug-likeness (QED) is 0.569. The predicted molar refractivity (Wildman–Crippen MR) is 120 cm³/mol. The molecule has 6 rings (SSSR count). The SMILES string of the molecule is C[C@@H]1CC[C@H]2[C@H](C)C3[C@H](C[C@H]4[C@@H]5CC=C6C[C@@H](O)CC[C@@]6(C)[C@@H]5C[C@@H](O)[C@]34C)N2C1. The topological polar surface area (TPSA) is 43.7 Å². The number of allylic oxidation sites excluding steroid dienone is 1. The van der Waals surface area contributed by atoms with Gasteiger partial charge in [0.1, 0.15) is 0 Å². The lowest BCUT2D eigenvalue weighted by Gasteiger charge is -2.60. The van der Waals surface area contributed by atoms with Gasteiger partial charge in [0.15, 0.2) is 0 Å². The zero-order valence-electron chi connectivity index (χ0n) is 19.6. The van der Waals surface area contributed by atoms with E-state index in [1.54, 1.807) is 0 Å². The predicted octanol–water partition coefficient (Wildman–Crippen LogP) is 4.63. The Morgan fingerprint density at radius 2 is 1.80 bits per heavy atom. The Kier molecular flexibility index (Phi) is 4.44. The van der Waals surface area contributed by atoms with Crippen molar-refractivity contribution in [3.8, 4) is 0 Å². The van der Waals surface area contributed by atoms with Gasteiger partial charge in [-0.2, -0.15) is 0 Å². The normalized spacial score (nSPS) is 60.1. The van der Waals surface area contributed by atoms with Gasteiger partial charge in [0, 0.05) is 24.0 Å². The number of aliphatic hydroxyl groups excluding tert-OH is 2. The van der Waals surface area contributed by atoms with E-state index in [4.69, 9.17) is 0 Å². The molecule has 3 saturated carbocycles. The van der Waals surface area contributed by atoms with E-state index in [1.165, 1.54) is 37.8 Å². The molecule has 12 atom stereocenters. The van der Waals surface area contributed by atoms with Crippen molar-refractivity contribution < 1.29 is 10.2 Å². The number of piperidine rings is 1. The highest BCUT2D eigenvalue weighted by atomic mass is 16.3. The first kappa shape index (κ1) is 20.2. The van der Waals surface area contributed by atoms with Crippen molar-refractivity contribution in [1.29, 1.82) is 0 Å². The highest BCUT2D eigenvalue weighted by molar-refractivity contribution is 5.27. The van der Waals surface area contributed by atoms with E-state index < -0.39 is 0 Å². The molecule has 5 fully saturated rings. The summed E-state index contributed by atoms with van der Waals surface area (Å²) in [6.45, 7) is 11.2. The number of nitrogens with zero attached hydrogens (tertiary/aromatic N) is 1. The largest absolute Gasteiger partial charge is 0.393 e. The van der Waals surface area contributed by atoms with Gasteiger partial charge in [-0.25, -0.2) is 0 Å². The second-order valence-corrected chi connectivity index (χ2v) is 12.9. The van der Waals surface area contributed by atoms with Crippen molar-refractivity contribution >= 4 is 0 Å². The molecule has 6 aliphatic rings. The van der Waals surface area contributed by atoms with Gasteiger partial charge in [-0.15, -0.1) is 0 Å². The molecular formula is C27H43NO2. The third-order valence-corrected chi connectivity index (χ3v) is 11.8. The van der Waals surface area contributed by atoms with Crippen LogP contribution in [0.4, 0.5) is 0 Å². The number of hydrogen-bond acceptors (Lipinski definition) is 3. The Hall–Kier alpha value is -0.380. The first-order valence-corrected chi connectivity index (χ1v) is 13.1. The van der Waals surface area contributed by atoms with Crippen molar-refractivity contribution in [3.05, 3.63) is 11.6 Å². The van der Waals surface area contributed by atoms with E-state index in [0.717, 1.165) is 49.5 Å². The van der Waals surface area contributed by atoms with E-state index in [2.05, 4.69) is 38.7 Å². The molecule has 2 saturated heterocycles. The fraction of sp³-hybridized carbons (Fsp3) is 0.926. The monoisotopic (exact) mass is 413 g/mol. The highest BCUT2D eigenvalue weighted by Gasteiger charge is 2.69. The van der Waals surface area contributed by atoms with E-state index in [0.29, 0.717) is 23.8 Å². The first-order valence-electron chi connectivity index (χ1n) is 13.1. The Morgan fingerprint density at radius 3 is 2.60 bits per heavy atom. The standard InChI is InChI=1S/C27H43NO2/c1-15-5-8-22-16(2)25-23(28(22)14-15)12-21-19-7-6-17-11-18(29)9-10-26(17,3)20(19)13-24(30)27(21,25)4/h6,15-16,18-25,29-30H,5,7-14H2,1-4H3/t15-,16+,18+,19-,20-,21+,22+,23+,24-,25?,26-,27-/m1/s1. The molecule has 30 heavy (non-hydrogen) atoms. The van der Waals surface area contributed by atoms with Crippen LogP contribution < -0.4 is 0 Å². The Labute approximate surface area is 183 Å². The molecule has 2 aliphatic heterocycles. The van der Waals surface area contributed by atoms with Crippen LogP contribution in [0.15, 0.2) is 11.6 Å². The summed E-state index contributed by atoms with van der Waals surface area (Å²) < 4.78 is 0. The summed E-state index contributed by atoms with van der Waals surface area (Å²) in [5.74, 6) is 4.19. The van der Waals surface area contributed by atoms with Crippen LogP contribution in [-0.2, 0) is 0 Å². The average Bonchev–Trinajstić information content (AvgIpc) is 3.17. The molecule has 2 heterocycles. The minimum Gasteiger partial charge on any atom is -0.393 e. The molecule has 0 aromatic heterocycles. The summed E-state index contributed by atoms with van der Waals surface area (Å²) >= 11 is 0. The molecule has 2 N–H and O–H groups in total. The van der Waals surface area contributed by atoms with E-state index in [9.17, 15) is 10.2 Å². The van der Waals surface area contributed by atoms with Crippen molar-refractivity contribution in [2.45, 2.75) is 103 Å². The van der Waals surface area contributed by atoms with Crippen LogP contribution in [0.3, 0.4) is 0 Å². The third kappa shape index (κ3) is 2.44. The smallest absolute Gasteiger partial charge is 0.0603 e. The molecule has 0 spiro atoms. The van der Waals surface area contributed by atoms with Gasteiger partial charge in [-0.05, 0) is 92.3 Å². The molecule has 0 aromatic rings. The lowest BCUT2D eigenvalue weighted by molar-refractivity contribution is -0.135. The van der Waals surface area contributed by atoms with Gasteiger partial charge < -0.3 is 10.2 Å². The number of hydrogen-bond donors (Lipinski definition) is 2. The number of fused-ring (bicyclic) bond motifs is 9. The Balaban J connectivity index is 1.36. The third-order valence-electron chi connectivity index (χ3n) is 11.8. The summed E-state index contributed by atoms with van der Waals surface area (Å²) in [6.07, 6.45) is 11.4. The summed E-state index contributed by atoms with van der Waals surface area (Å²) in [5, 5.41) is 22.1. The molecular weight excluding hydrogens is 370 g/mol. The number of rotatable bonds is 0. The van der Waals surface area contributed by atoms with Gasteiger partial charge in [-0.3, -0.25) is 4.90 Å². The van der Waals surface area contributed by atoms with Gasteiger partial charge >= 0.3 is 0 Å². The summed E-state index contributed by atoms with van der Waals surface area (Å²) in [6, 6.07) is 1.46. The summed E-state index contributed by atoms with van der Waals surface area (Å²) in [5.41, 5.74) is 1.80. The second-order valence-electron chi connectivity index (χ2n) is 12.9. The lowest BCUT2D eigenvalue weighted by Crippen LogP contribution is -2.57. The molecule has 0 amide bonds. The summed E-state index contributed by atoms with van der Waals surface area (Å²) in [4.78, 5) is 2.91. The molecule has 1 unspecified atom stereocenters. The van der Waals surface area contributed by atoms with Crippen LogP contribution in [0, 0.1) is 46.3 Å². The molecule has 0 radical (unpaired) electrons. The van der Waals surface area contributed by atoms with Crippen molar-refractivity contribution in [2.75, 3.05) is 6.54 Å². The fourth-order valence-corrected chi connectivity index (χ4v) is 10.3. The Bertz CT molecular complexity index is 749. The zero-order chi connectivity index (χ0) is 21.0. The van der Waals surface area contributed by atoms with Gasteiger partial charge in [0.2, 0.25) is 0 Å². The maximum absolute atomic E-state index is 11.8. The minimum absolute atomic E-state index is 0.0850. The maximum Gasteiger partial charge on any atom is 0.0603 e. The van der Waals surface area contributed by atoms with Crippen LogP contribution in [-0.4, -0.2) is 45.9 Å².